The van der Waals surface area contributed by atoms with Gasteiger partial charge in [0.1, 0.15) is 0 Å². The van der Waals surface area contributed by atoms with E-state index in [-0.39, 0.29) is 0 Å². The molecule has 2 heteroatoms. The minimum Gasteiger partial charge on any atom is -0.311 e. The molecule has 1 heterocycles. The normalized spacial score (nSPS) is 30.6. The zero-order valence-electron chi connectivity index (χ0n) is 10.2. The highest BCUT2D eigenvalue weighted by Crippen LogP contribution is 2.27. The summed E-state index contributed by atoms with van der Waals surface area (Å²) in [5.74, 6) is 1.05. The lowest BCUT2D eigenvalue weighted by atomic mass is 9.85. The molecule has 0 aromatic heterocycles. The third-order valence-corrected chi connectivity index (χ3v) is 4.11. The van der Waals surface area contributed by atoms with Crippen LogP contribution in [0.3, 0.4) is 0 Å². The van der Waals surface area contributed by atoms with E-state index in [0.717, 1.165) is 12.0 Å². The summed E-state index contributed by atoms with van der Waals surface area (Å²) in [6.45, 7) is 3.67. The summed E-state index contributed by atoms with van der Waals surface area (Å²) < 4.78 is 0. The lowest BCUT2D eigenvalue weighted by Crippen LogP contribution is -2.49. The van der Waals surface area contributed by atoms with Gasteiger partial charge in [0, 0.05) is 25.7 Å². The average molecular weight is 210 g/mol. The maximum absolute atomic E-state index is 3.65. The van der Waals surface area contributed by atoms with Crippen LogP contribution >= 0.6 is 0 Å². The van der Waals surface area contributed by atoms with Crippen LogP contribution in [-0.2, 0) is 0 Å². The second kappa shape index (κ2) is 5.86. The van der Waals surface area contributed by atoms with Crippen LogP contribution in [0, 0.1) is 5.92 Å². The van der Waals surface area contributed by atoms with E-state index in [1.165, 1.54) is 64.6 Å². The van der Waals surface area contributed by atoms with Crippen molar-refractivity contribution in [3.8, 4) is 0 Å². The van der Waals surface area contributed by atoms with Crippen molar-refractivity contribution in [1.29, 1.82) is 0 Å². The number of hydrogen-bond donors (Lipinski definition) is 1. The Labute approximate surface area is 94.4 Å². The molecule has 1 saturated heterocycles. The molecular weight excluding hydrogens is 184 g/mol. The Bertz CT molecular complexity index is 175. The van der Waals surface area contributed by atoms with Crippen molar-refractivity contribution in [3.05, 3.63) is 0 Å². The Kier molecular flexibility index (Phi) is 4.45. The molecule has 88 valence electrons. The number of nitrogens with one attached hydrogen (secondary N) is 1. The summed E-state index contributed by atoms with van der Waals surface area (Å²) in [6.07, 6.45) is 10.3. The van der Waals surface area contributed by atoms with Crippen molar-refractivity contribution in [2.24, 2.45) is 5.92 Å². The Morgan fingerprint density at radius 2 is 1.93 bits per heavy atom. The van der Waals surface area contributed by atoms with Gasteiger partial charge in [-0.1, -0.05) is 32.1 Å². The van der Waals surface area contributed by atoms with Crippen molar-refractivity contribution in [2.75, 3.05) is 26.7 Å². The largest absolute Gasteiger partial charge is 0.311 e. The molecule has 1 N–H and O–H groups in total. The molecule has 1 aliphatic heterocycles. The molecule has 1 saturated carbocycles. The highest BCUT2D eigenvalue weighted by Gasteiger charge is 2.19. The van der Waals surface area contributed by atoms with Crippen LogP contribution in [0.4, 0.5) is 0 Å². The summed E-state index contributed by atoms with van der Waals surface area (Å²) in [7, 11) is 2.24. The van der Waals surface area contributed by atoms with Crippen LogP contribution in [-0.4, -0.2) is 37.6 Å². The van der Waals surface area contributed by atoms with Gasteiger partial charge in [-0.2, -0.15) is 0 Å². The quantitative estimate of drug-likeness (QED) is 0.768. The molecule has 2 rings (SSSR count). The van der Waals surface area contributed by atoms with Gasteiger partial charge < -0.3 is 10.2 Å². The molecule has 0 bridgehead atoms. The van der Waals surface area contributed by atoms with Crippen molar-refractivity contribution in [1.82, 2.24) is 10.2 Å². The first-order valence-electron chi connectivity index (χ1n) is 6.76. The van der Waals surface area contributed by atoms with E-state index in [1.54, 1.807) is 0 Å². The molecule has 2 nitrogen and oxygen atoms in total. The Morgan fingerprint density at radius 3 is 2.67 bits per heavy atom. The molecule has 0 spiro atoms. The number of rotatable bonds is 3. The smallest absolute Gasteiger partial charge is 0.0195 e. The zero-order chi connectivity index (χ0) is 10.5. The summed E-state index contributed by atoms with van der Waals surface area (Å²) in [4.78, 5) is 2.46. The van der Waals surface area contributed by atoms with Gasteiger partial charge in [-0.3, -0.25) is 0 Å². The highest BCUT2D eigenvalue weighted by atomic mass is 15.2. The lowest BCUT2D eigenvalue weighted by Gasteiger charge is -2.32. The molecule has 0 aromatic carbocycles. The number of hydrogen-bond acceptors (Lipinski definition) is 2. The van der Waals surface area contributed by atoms with E-state index in [4.69, 9.17) is 0 Å². The number of likely N-dealkylation sites (N-methyl/N-ethyl adjacent to an activating group) is 1. The molecule has 1 unspecified atom stereocenters. The van der Waals surface area contributed by atoms with Crippen LogP contribution in [0.1, 0.15) is 44.9 Å². The molecule has 1 aliphatic carbocycles. The third kappa shape index (κ3) is 3.76. The minimum absolute atomic E-state index is 0.769. The van der Waals surface area contributed by atoms with Crippen LogP contribution in [0.2, 0.25) is 0 Å². The van der Waals surface area contributed by atoms with Crippen molar-refractivity contribution < 1.29 is 0 Å². The SMILES string of the molecule is CN1CCNC(CCC2CCCCC2)C1. The molecule has 2 aliphatic rings. The fourth-order valence-electron chi connectivity index (χ4n) is 3.10. The third-order valence-electron chi connectivity index (χ3n) is 4.11. The topological polar surface area (TPSA) is 15.3 Å². The molecule has 1 atom stereocenters. The van der Waals surface area contributed by atoms with Gasteiger partial charge in [0.05, 0.1) is 0 Å². The second-order valence-corrected chi connectivity index (χ2v) is 5.49. The predicted octanol–water partition coefficient (Wildman–Crippen LogP) is 2.25. The minimum atomic E-state index is 0.769. The van der Waals surface area contributed by atoms with Crippen molar-refractivity contribution >= 4 is 0 Å². The van der Waals surface area contributed by atoms with Gasteiger partial charge in [-0.15, -0.1) is 0 Å². The van der Waals surface area contributed by atoms with E-state index in [1.807, 2.05) is 0 Å². The zero-order valence-corrected chi connectivity index (χ0v) is 10.2. The fraction of sp³-hybridized carbons (Fsp3) is 1.00. The van der Waals surface area contributed by atoms with Crippen molar-refractivity contribution in [3.63, 3.8) is 0 Å². The number of piperazine rings is 1. The lowest BCUT2D eigenvalue weighted by molar-refractivity contribution is 0.217. The molecule has 0 radical (unpaired) electrons. The van der Waals surface area contributed by atoms with Gasteiger partial charge in [0.2, 0.25) is 0 Å². The molecular formula is C13H26N2. The fourth-order valence-corrected chi connectivity index (χ4v) is 3.10. The van der Waals surface area contributed by atoms with Crippen LogP contribution in [0.25, 0.3) is 0 Å². The maximum Gasteiger partial charge on any atom is 0.0195 e. The second-order valence-electron chi connectivity index (χ2n) is 5.49. The van der Waals surface area contributed by atoms with Gasteiger partial charge in [0.15, 0.2) is 0 Å². The number of nitrogens with zero attached hydrogens (tertiary/aromatic N) is 1. The van der Waals surface area contributed by atoms with Crippen molar-refractivity contribution in [2.45, 2.75) is 51.0 Å². The molecule has 0 amide bonds. The molecule has 15 heavy (non-hydrogen) atoms. The first-order chi connectivity index (χ1) is 7.34. The first-order valence-corrected chi connectivity index (χ1v) is 6.76. The van der Waals surface area contributed by atoms with E-state index in [0.29, 0.717) is 0 Å². The summed E-state index contributed by atoms with van der Waals surface area (Å²) in [5, 5.41) is 3.65. The van der Waals surface area contributed by atoms with Crippen LogP contribution in [0.5, 0.6) is 0 Å². The van der Waals surface area contributed by atoms with E-state index in [2.05, 4.69) is 17.3 Å². The van der Waals surface area contributed by atoms with Crippen LogP contribution in [0.15, 0.2) is 0 Å². The van der Waals surface area contributed by atoms with Crippen LogP contribution < -0.4 is 5.32 Å². The highest BCUT2D eigenvalue weighted by molar-refractivity contribution is 4.78. The van der Waals surface area contributed by atoms with E-state index < -0.39 is 0 Å². The molecule has 2 fully saturated rings. The van der Waals surface area contributed by atoms with Gasteiger partial charge in [-0.05, 0) is 25.8 Å². The standard InChI is InChI=1S/C13H26N2/c1-15-10-9-14-13(11-15)8-7-12-5-3-2-4-6-12/h12-14H,2-11H2,1H3. The summed E-state index contributed by atoms with van der Waals surface area (Å²) in [6, 6.07) is 0.769. The Hall–Kier alpha value is -0.0800. The summed E-state index contributed by atoms with van der Waals surface area (Å²) in [5.41, 5.74) is 0. The average Bonchev–Trinajstić information content (AvgIpc) is 2.28. The first kappa shape index (κ1) is 11.4. The monoisotopic (exact) mass is 210 g/mol. The Morgan fingerprint density at radius 1 is 1.13 bits per heavy atom. The van der Waals surface area contributed by atoms with Gasteiger partial charge in [0.25, 0.3) is 0 Å². The van der Waals surface area contributed by atoms with E-state index >= 15 is 0 Å². The predicted molar refractivity (Wildman–Crippen MR) is 65.1 cm³/mol. The Balaban J connectivity index is 1.63. The van der Waals surface area contributed by atoms with Gasteiger partial charge >= 0.3 is 0 Å². The maximum atomic E-state index is 3.65. The van der Waals surface area contributed by atoms with E-state index in [9.17, 15) is 0 Å². The van der Waals surface area contributed by atoms with Gasteiger partial charge in [-0.25, -0.2) is 0 Å². The summed E-state index contributed by atoms with van der Waals surface area (Å²) >= 11 is 0. The molecule has 0 aromatic rings.